The number of nitrogens with one attached hydrogen (secondary N) is 1. The summed E-state index contributed by atoms with van der Waals surface area (Å²) in [5.74, 6) is 0.592. The fourth-order valence-electron chi connectivity index (χ4n) is 1.32. The van der Waals surface area contributed by atoms with Crippen LogP contribution in [0.1, 0.15) is 25.7 Å². The van der Waals surface area contributed by atoms with E-state index in [0.717, 1.165) is 9.47 Å². The molecule has 1 N–H and O–H groups in total. The maximum Gasteiger partial charge on any atom is 0.206 e. The monoisotopic (exact) mass is 279 g/mol. The summed E-state index contributed by atoms with van der Waals surface area (Å²) >= 11 is 3.08. The van der Waals surface area contributed by atoms with Crippen molar-refractivity contribution in [3.63, 3.8) is 0 Å². The van der Waals surface area contributed by atoms with Gasteiger partial charge in [-0.1, -0.05) is 23.1 Å². The zero-order chi connectivity index (χ0) is 12.8. The Kier molecular flexibility index (Phi) is 4.80. The molecule has 18 heavy (non-hydrogen) atoms. The van der Waals surface area contributed by atoms with E-state index in [-0.39, 0.29) is 5.92 Å². The summed E-state index contributed by atoms with van der Waals surface area (Å²) in [7, 11) is 0. The van der Waals surface area contributed by atoms with E-state index in [9.17, 15) is 0 Å². The second-order valence-corrected chi connectivity index (χ2v) is 6.37. The van der Waals surface area contributed by atoms with Gasteiger partial charge < -0.3 is 5.32 Å². The van der Waals surface area contributed by atoms with Gasteiger partial charge in [0.25, 0.3) is 0 Å². The average molecular weight is 279 g/mol. The number of hydrogen-bond acceptors (Lipinski definition) is 7. The summed E-state index contributed by atoms with van der Waals surface area (Å²) < 4.78 is 0.885. The summed E-state index contributed by atoms with van der Waals surface area (Å²) in [4.78, 5) is 0. The van der Waals surface area contributed by atoms with Gasteiger partial charge in [0.1, 0.15) is 0 Å². The summed E-state index contributed by atoms with van der Waals surface area (Å²) in [5.41, 5.74) is 0. The number of rotatable bonds is 7. The molecule has 0 amide bonds. The van der Waals surface area contributed by atoms with Crippen molar-refractivity contribution in [2.75, 3.05) is 11.1 Å². The van der Waals surface area contributed by atoms with Gasteiger partial charge in [0.05, 0.1) is 18.1 Å². The number of aromatic nitrogens is 2. The van der Waals surface area contributed by atoms with Crippen LogP contribution in [0.25, 0.3) is 0 Å². The Balaban J connectivity index is 1.76. The van der Waals surface area contributed by atoms with Gasteiger partial charge in [0.15, 0.2) is 4.34 Å². The summed E-state index contributed by atoms with van der Waals surface area (Å²) in [6.45, 7) is 0. The summed E-state index contributed by atoms with van der Waals surface area (Å²) in [6, 6.07) is 4.87. The number of nitrogens with zero attached hydrogens (tertiary/aromatic N) is 4. The largest absolute Gasteiger partial charge is 0.357 e. The van der Waals surface area contributed by atoms with Crippen LogP contribution in [0, 0.1) is 28.6 Å². The van der Waals surface area contributed by atoms with Gasteiger partial charge in [-0.15, -0.1) is 10.2 Å². The Morgan fingerprint density at radius 1 is 1.44 bits per heavy atom. The third kappa shape index (κ3) is 4.17. The highest BCUT2D eigenvalue weighted by atomic mass is 32.2. The lowest BCUT2D eigenvalue weighted by Gasteiger charge is -2.03. The second-order valence-electron chi connectivity index (χ2n) is 4.13. The van der Waals surface area contributed by atoms with E-state index in [1.807, 2.05) is 0 Å². The van der Waals surface area contributed by atoms with E-state index in [1.54, 1.807) is 11.8 Å². The van der Waals surface area contributed by atoms with Gasteiger partial charge in [0, 0.05) is 18.2 Å². The lowest BCUT2D eigenvalue weighted by molar-refractivity contribution is 0.685. The van der Waals surface area contributed by atoms with Crippen LogP contribution < -0.4 is 5.32 Å². The first-order valence-electron chi connectivity index (χ1n) is 5.81. The smallest absolute Gasteiger partial charge is 0.206 e. The zero-order valence-corrected chi connectivity index (χ0v) is 11.4. The number of nitriles is 2. The maximum absolute atomic E-state index is 8.95. The number of thioether (sulfide) groups is 1. The molecule has 0 unspecified atom stereocenters. The van der Waals surface area contributed by atoms with E-state index in [2.05, 4.69) is 27.7 Å². The maximum atomic E-state index is 8.95. The van der Waals surface area contributed by atoms with Gasteiger partial charge in [-0.3, -0.25) is 0 Å². The van der Waals surface area contributed by atoms with Gasteiger partial charge in [-0.05, 0) is 19.3 Å². The predicted octanol–water partition coefficient (Wildman–Crippen LogP) is 2.65. The highest BCUT2D eigenvalue weighted by Gasteiger charge is 2.22. The third-order valence-electron chi connectivity index (χ3n) is 2.51. The molecular formula is C11H13N5S2. The molecule has 0 aliphatic heterocycles. The topological polar surface area (TPSA) is 85.4 Å². The first kappa shape index (κ1) is 13.1. The van der Waals surface area contributed by atoms with Crippen LogP contribution in [0.4, 0.5) is 5.13 Å². The van der Waals surface area contributed by atoms with E-state index >= 15 is 0 Å². The van der Waals surface area contributed by atoms with Crippen molar-refractivity contribution in [3.8, 4) is 12.1 Å². The van der Waals surface area contributed by atoms with Crippen molar-refractivity contribution in [1.82, 2.24) is 10.2 Å². The Morgan fingerprint density at radius 3 is 2.94 bits per heavy atom. The molecule has 2 rings (SSSR count). The molecule has 1 aliphatic carbocycles. The molecule has 5 nitrogen and oxygen atoms in total. The average Bonchev–Trinajstić information content (AvgIpc) is 3.08. The van der Waals surface area contributed by atoms with Crippen LogP contribution in [0.5, 0.6) is 0 Å². The van der Waals surface area contributed by atoms with Crippen molar-refractivity contribution < 1.29 is 0 Å². The van der Waals surface area contributed by atoms with Crippen LogP contribution in [0.15, 0.2) is 4.34 Å². The minimum atomic E-state index is -0.0848. The molecule has 1 atom stereocenters. The van der Waals surface area contributed by atoms with E-state index < -0.39 is 0 Å². The van der Waals surface area contributed by atoms with Crippen molar-refractivity contribution in [2.24, 2.45) is 5.92 Å². The normalized spacial score (nSPS) is 15.7. The first-order chi connectivity index (χ1) is 8.81. The molecule has 1 saturated carbocycles. The quantitative estimate of drug-likeness (QED) is 0.772. The minimum absolute atomic E-state index is 0.0848. The highest BCUT2D eigenvalue weighted by molar-refractivity contribution is 8.01. The minimum Gasteiger partial charge on any atom is -0.357 e. The SMILES string of the molecule is N#CCC[C@@H](C#N)CSc1nnc(NC2CC2)s1. The van der Waals surface area contributed by atoms with Crippen LogP contribution in [-0.2, 0) is 0 Å². The predicted molar refractivity (Wildman–Crippen MR) is 71.2 cm³/mol. The molecule has 94 valence electrons. The first-order valence-corrected chi connectivity index (χ1v) is 7.61. The fraction of sp³-hybridized carbons (Fsp3) is 0.636. The molecule has 0 aromatic carbocycles. The highest BCUT2D eigenvalue weighted by Crippen LogP contribution is 2.31. The van der Waals surface area contributed by atoms with Crippen LogP contribution >= 0.6 is 23.1 Å². The molecule has 0 bridgehead atoms. The van der Waals surface area contributed by atoms with Gasteiger partial charge in [-0.25, -0.2) is 0 Å². The van der Waals surface area contributed by atoms with Crippen LogP contribution in [0.3, 0.4) is 0 Å². The Labute approximate surface area is 114 Å². The van der Waals surface area contributed by atoms with Crippen molar-refractivity contribution in [1.29, 1.82) is 10.5 Å². The molecule has 0 radical (unpaired) electrons. The molecule has 0 spiro atoms. The molecule has 1 fully saturated rings. The van der Waals surface area contributed by atoms with Gasteiger partial charge >= 0.3 is 0 Å². The standard InChI is InChI=1S/C11H13N5S2/c12-5-1-2-8(6-13)7-17-11-16-15-10(18-11)14-9-3-4-9/h8-9H,1-4,7H2,(H,14,15)/t8-/m0/s1. The second kappa shape index (κ2) is 6.58. The lowest BCUT2D eigenvalue weighted by atomic mass is 10.1. The molecule has 1 heterocycles. The molecule has 1 aliphatic rings. The lowest BCUT2D eigenvalue weighted by Crippen LogP contribution is -1.99. The number of anilines is 1. The number of hydrogen-bond donors (Lipinski definition) is 1. The molecule has 0 saturated heterocycles. The third-order valence-corrected chi connectivity index (χ3v) is 4.66. The van der Waals surface area contributed by atoms with Crippen LogP contribution in [0.2, 0.25) is 0 Å². The fourth-order valence-corrected chi connectivity index (χ4v) is 3.24. The van der Waals surface area contributed by atoms with Crippen molar-refractivity contribution >= 4 is 28.2 Å². The van der Waals surface area contributed by atoms with E-state index in [0.29, 0.717) is 24.6 Å². The van der Waals surface area contributed by atoms with Crippen LogP contribution in [-0.4, -0.2) is 22.0 Å². The van der Waals surface area contributed by atoms with E-state index in [1.165, 1.54) is 24.2 Å². The van der Waals surface area contributed by atoms with Crippen molar-refractivity contribution in [3.05, 3.63) is 0 Å². The van der Waals surface area contributed by atoms with Gasteiger partial charge in [-0.2, -0.15) is 10.5 Å². The summed E-state index contributed by atoms with van der Waals surface area (Å²) in [6.07, 6.45) is 3.49. The Morgan fingerprint density at radius 2 is 2.28 bits per heavy atom. The summed E-state index contributed by atoms with van der Waals surface area (Å²) in [5, 5.41) is 29.7. The molecule has 1 aromatic rings. The Hall–Kier alpha value is -1.31. The van der Waals surface area contributed by atoms with Crippen molar-refractivity contribution in [2.45, 2.75) is 36.1 Å². The van der Waals surface area contributed by atoms with Gasteiger partial charge in [0.2, 0.25) is 5.13 Å². The molecule has 1 aromatic heterocycles. The molecular weight excluding hydrogens is 266 g/mol. The Bertz CT molecular complexity index is 469. The van der Waals surface area contributed by atoms with E-state index in [4.69, 9.17) is 10.5 Å². The molecule has 7 heteroatoms. The zero-order valence-electron chi connectivity index (χ0n) is 9.80.